The van der Waals surface area contributed by atoms with Crippen LogP contribution in [0, 0.1) is 5.92 Å². The number of aromatic nitrogens is 2. The molecule has 2 unspecified atom stereocenters. The summed E-state index contributed by atoms with van der Waals surface area (Å²) < 4.78 is 1.72. The van der Waals surface area contributed by atoms with Crippen LogP contribution < -0.4 is 5.56 Å². The average Bonchev–Trinajstić information content (AvgIpc) is 2.97. The van der Waals surface area contributed by atoms with E-state index in [0.29, 0.717) is 29.8 Å². The molecule has 2 aromatic rings. The molecule has 0 spiro atoms. The minimum absolute atomic E-state index is 0.0349. The second-order valence-corrected chi connectivity index (χ2v) is 9.70. The molecule has 138 valence electrons. The van der Waals surface area contributed by atoms with E-state index in [4.69, 9.17) is 4.98 Å². The van der Waals surface area contributed by atoms with E-state index in [2.05, 4.69) is 13.5 Å². The topological polar surface area (TPSA) is 52.0 Å². The van der Waals surface area contributed by atoms with E-state index >= 15 is 0 Å². The molecule has 0 aliphatic heterocycles. The van der Waals surface area contributed by atoms with Crippen molar-refractivity contribution < 1.29 is 4.79 Å². The lowest BCUT2D eigenvalue weighted by molar-refractivity contribution is -0.119. The van der Waals surface area contributed by atoms with Crippen LogP contribution in [0.3, 0.4) is 0 Å². The van der Waals surface area contributed by atoms with Crippen LogP contribution in [0.4, 0.5) is 0 Å². The Morgan fingerprint density at radius 2 is 2.15 bits per heavy atom. The largest absolute Gasteiger partial charge is 0.298 e. The van der Waals surface area contributed by atoms with Crippen LogP contribution in [-0.4, -0.2) is 20.6 Å². The maximum absolute atomic E-state index is 13.3. The van der Waals surface area contributed by atoms with E-state index in [1.165, 1.54) is 22.2 Å². The predicted molar refractivity (Wildman–Crippen MR) is 108 cm³/mol. The van der Waals surface area contributed by atoms with Gasteiger partial charge in [0.2, 0.25) is 0 Å². The van der Waals surface area contributed by atoms with Crippen LogP contribution in [0.5, 0.6) is 0 Å². The number of thiophene rings is 1. The number of nitrogens with zero attached hydrogens (tertiary/aromatic N) is 2. The number of ketones is 1. The fraction of sp³-hybridized carbons (Fsp3) is 0.550. The van der Waals surface area contributed by atoms with Crippen LogP contribution in [-0.2, 0) is 24.2 Å². The highest BCUT2D eigenvalue weighted by atomic mass is 32.2. The van der Waals surface area contributed by atoms with Crippen molar-refractivity contribution in [3.05, 3.63) is 33.4 Å². The molecule has 2 aromatic heterocycles. The van der Waals surface area contributed by atoms with Crippen LogP contribution in [0.2, 0.25) is 0 Å². The summed E-state index contributed by atoms with van der Waals surface area (Å²) in [5.74, 6) is 0.958. The first-order chi connectivity index (χ1) is 12.6. The van der Waals surface area contributed by atoms with Crippen LogP contribution in [0.15, 0.2) is 22.6 Å². The summed E-state index contributed by atoms with van der Waals surface area (Å²) in [5.41, 5.74) is 1.25. The quantitative estimate of drug-likeness (QED) is 0.576. The molecule has 2 heterocycles. The molecular formula is C20H24N2O2S2. The number of rotatable bonds is 4. The number of hydrogen-bond donors (Lipinski definition) is 0. The maximum atomic E-state index is 13.3. The Morgan fingerprint density at radius 1 is 1.31 bits per heavy atom. The van der Waals surface area contributed by atoms with Gasteiger partial charge in [0.05, 0.1) is 10.6 Å². The summed E-state index contributed by atoms with van der Waals surface area (Å²) in [4.78, 5) is 32.5. The summed E-state index contributed by atoms with van der Waals surface area (Å²) in [6, 6.07) is 0. The first-order valence-electron chi connectivity index (χ1n) is 9.43. The molecule has 4 nitrogen and oxygen atoms in total. The Kier molecular flexibility index (Phi) is 5.06. The maximum Gasteiger partial charge on any atom is 0.263 e. The van der Waals surface area contributed by atoms with Gasteiger partial charge < -0.3 is 0 Å². The zero-order chi connectivity index (χ0) is 18.3. The fourth-order valence-corrected chi connectivity index (χ4v) is 6.64. The number of aryl methyl sites for hydroxylation is 1. The van der Waals surface area contributed by atoms with Crippen molar-refractivity contribution in [2.24, 2.45) is 5.92 Å². The third-order valence-electron chi connectivity index (χ3n) is 5.44. The van der Waals surface area contributed by atoms with Gasteiger partial charge in [0.15, 0.2) is 5.16 Å². The summed E-state index contributed by atoms with van der Waals surface area (Å²) in [6.45, 7) is 6.51. The molecule has 1 saturated carbocycles. The Morgan fingerprint density at radius 3 is 2.92 bits per heavy atom. The number of hydrogen-bond acceptors (Lipinski definition) is 5. The SMILES string of the molecule is C=CCn1c(SC2CCCCC2=O)nc2sc3c(c2c1=O)CCC(C)C3. The van der Waals surface area contributed by atoms with Gasteiger partial charge in [0, 0.05) is 17.8 Å². The van der Waals surface area contributed by atoms with E-state index < -0.39 is 0 Å². The molecule has 0 N–H and O–H groups in total. The van der Waals surface area contributed by atoms with E-state index in [1.54, 1.807) is 22.0 Å². The third kappa shape index (κ3) is 3.18. The minimum Gasteiger partial charge on any atom is -0.298 e. The number of allylic oxidation sites excluding steroid dienone is 1. The Labute approximate surface area is 161 Å². The molecule has 26 heavy (non-hydrogen) atoms. The molecule has 6 heteroatoms. The van der Waals surface area contributed by atoms with Crippen LogP contribution >= 0.6 is 23.1 Å². The Balaban J connectivity index is 1.81. The van der Waals surface area contributed by atoms with Crippen LogP contribution in [0.25, 0.3) is 10.2 Å². The number of Topliss-reactive ketones (excluding diaryl/α,β-unsaturated/α-hetero) is 1. The van der Waals surface area contributed by atoms with Crippen molar-refractivity contribution in [3.63, 3.8) is 0 Å². The monoisotopic (exact) mass is 388 g/mol. The normalized spacial score (nSPS) is 23.2. The van der Waals surface area contributed by atoms with Gasteiger partial charge in [-0.3, -0.25) is 14.2 Å². The summed E-state index contributed by atoms with van der Waals surface area (Å²) in [6.07, 6.45) is 8.46. The third-order valence-corrected chi connectivity index (χ3v) is 7.89. The van der Waals surface area contributed by atoms with E-state index in [0.717, 1.165) is 48.7 Å². The predicted octanol–water partition coefficient (Wildman–Crippen LogP) is 4.37. The molecule has 0 saturated heterocycles. The zero-order valence-electron chi connectivity index (χ0n) is 15.1. The standard InChI is InChI=1S/C20H24N2O2S2/c1-3-10-22-19(24)17-13-9-8-12(2)11-16(13)25-18(17)21-20(22)26-15-7-5-4-6-14(15)23/h3,12,15H,1,4-11H2,2H3. The summed E-state index contributed by atoms with van der Waals surface area (Å²) in [7, 11) is 0. The zero-order valence-corrected chi connectivity index (χ0v) is 16.8. The van der Waals surface area contributed by atoms with Crippen LogP contribution in [0.1, 0.15) is 49.5 Å². The van der Waals surface area contributed by atoms with Gasteiger partial charge in [-0.05, 0) is 43.6 Å². The van der Waals surface area contributed by atoms with Gasteiger partial charge in [-0.1, -0.05) is 31.2 Å². The lowest BCUT2D eigenvalue weighted by atomic mass is 9.89. The smallest absolute Gasteiger partial charge is 0.263 e. The van der Waals surface area contributed by atoms with Crippen molar-refractivity contribution in [1.29, 1.82) is 0 Å². The van der Waals surface area contributed by atoms with Crippen molar-refractivity contribution in [3.8, 4) is 0 Å². The molecule has 0 amide bonds. The van der Waals surface area contributed by atoms with Crippen molar-refractivity contribution in [2.45, 2.75) is 68.8 Å². The highest BCUT2D eigenvalue weighted by molar-refractivity contribution is 8.00. The van der Waals surface area contributed by atoms with Gasteiger partial charge in [-0.25, -0.2) is 4.98 Å². The van der Waals surface area contributed by atoms with E-state index in [1.807, 2.05) is 0 Å². The lowest BCUT2D eigenvalue weighted by Gasteiger charge is -2.21. The summed E-state index contributed by atoms with van der Waals surface area (Å²) >= 11 is 3.15. The second-order valence-electron chi connectivity index (χ2n) is 7.45. The molecule has 2 aliphatic carbocycles. The van der Waals surface area contributed by atoms with Crippen molar-refractivity contribution in [1.82, 2.24) is 9.55 Å². The van der Waals surface area contributed by atoms with Gasteiger partial charge in [0.1, 0.15) is 10.6 Å². The molecule has 0 aromatic carbocycles. The Bertz CT molecular complexity index is 928. The minimum atomic E-state index is -0.0706. The molecular weight excluding hydrogens is 364 g/mol. The number of thioether (sulfide) groups is 1. The average molecular weight is 389 g/mol. The molecule has 0 radical (unpaired) electrons. The number of carbonyl (C=O) groups excluding carboxylic acids is 1. The summed E-state index contributed by atoms with van der Waals surface area (Å²) in [5, 5.41) is 1.41. The van der Waals surface area contributed by atoms with Gasteiger partial charge in [-0.2, -0.15) is 0 Å². The van der Waals surface area contributed by atoms with Crippen molar-refractivity contribution in [2.75, 3.05) is 0 Å². The lowest BCUT2D eigenvalue weighted by Crippen LogP contribution is -2.27. The molecule has 1 fully saturated rings. The highest BCUT2D eigenvalue weighted by Crippen LogP contribution is 2.37. The Hall–Kier alpha value is -1.40. The molecule has 0 bridgehead atoms. The first kappa shape index (κ1) is 18.0. The van der Waals surface area contributed by atoms with Gasteiger partial charge in [-0.15, -0.1) is 17.9 Å². The van der Waals surface area contributed by atoms with E-state index in [9.17, 15) is 9.59 Å². The molecule has 2 atom stereocenters. The number of fused-ring (bicyclic) bond motifs is 3. The van der Waals surface area contributed by atoms with E-state index in [-0.39, 0.29) is 10.8 Å². The molecule has 4 rings (SSSR count). The van der Waals surface area contributed by atoms with Gasteiger partial charge >= 0.3 is 0 Å². The number of carbonyl (C=O) groups is 1. The molecule has 2 aliphatic rings. The fourth-order valence-electron chi connectivity index (χ4n) is 3.99. The first-order valence-corrected chi connectivity index (χ1v) is 11.1. The highest BCUT2D eigenvalue weighted by Gasteiger charge is 2.28. The van der Waals surface area contributed by atoms with Crippen molar-refractivity contribution >= 4 is 39.1 Å². The second kappa shape index (κ2) is 7.31. The van der Waals surface area contributed by atoms with Gasteiger partial charge in [0.25, 0.3) is 5.56 Å².